The monoisotopic (exact) mass is 263 g/mol. The van der Waals surface area contributed by atoms with E-state index in [9.17, 15) is 5.26 Å². The molecule has 3 nitrogen and oxygen atoms in total. The van der Waals surface area contributed by atoms with Crippen LogP contribution >= 0.6 is 0 Å². The quantitative estimate of drug-likeness (QED) is 0.801. The van der Waals surface area contributed by atoms with Crippen LogP contribution in [0.3, 0.4) is 0 Å². The summed E-state index contributed by atoms with van der Waals surface area (Å²) in [7, 11) is 0. The molecule has 108 valence electrons. The molecule has 2 unspecified atom stereocenters. The van der Waals surface area contributed by atoms with Gasteiger partial charge in [0.15, 0.2) is 0 Å². The van der Waals surface area contributed by atoms with Crippen molar-refractivity contribution in [2.24, 2.45) is 5.92 Å². The molecule has 2 rings (SSSR count). The molecule has 2 aliphatic rings. The maximum Gasteiger partial charge on any atom is 0.108 e. The zero-order valence-electron chi connectivity index (χ0n) is 12.9. The Labute approximate surface area is 118 Å². The zero-order chi connectivity index (χ0) is 14.0. The average molecular weight is 263 g/mol. The Hall–Kier alpha value is -0.590. The molecule has 0 heterocycles. The second-order valence-electron chi connectivity index (χ2n) is 7.19. The van der Waals surface area contributed by atoms with Gasteiger partial charge in [0.2, 0.25) is 0 Å². The van der Waals surface area contributed by atoms with E-state index in [2.05, 4.69) is 44.0 Å². The van der Waals surface area contributed by atoms with Crippen LogP contribution in [0.4, 0.5) is 0 Å². The summed E-state index contributed by atoms with van der Waals surface area (Å²) in [5, 5.41) is 13.2. The molecule has 19 heavy (non-hydrogen) atoms. The van der Waals surface area contributed by atoms with Crippen molar-refractivity contribution >= 4 is 0 Å². The van der Waals surface area contributed by atoms with E-state index in [-0.39, 0.29) is 5.54 Å². The first kappa shape index (κ1) is 14.8. The van der Waals surface area contributed by atoms with Crippen molar-refractivity contribution < 1.29 is 0 Å². The molecule has 2 fully saturated rings. The molecule has 0 saturated heterocycles. The lowest BCUT2D eigenvalue weighted by Gasteiger charge is -2.35. The molecule has 0 spiro atoms. The van der Waals surface area contributed by atoms with Crippen LogP contribution in [0.1, 0.15) is 59.8 Å². The summed E-state index contributed by atoms with van der Waals surface area (Å²) in [5.41, 5.74) is -0.240. The van der Waals surface area contributed by atoms with Crippen molar-refractivity contribution in [1.29, 1.82) is 5.26 Å². The molecular formula is C16H29N3. The summed E-state index contributed by atoms with van der Waals surface area (Å²) < 4.78 is 0. The second kappa shape index (κ2) is 5.81. The third kappa shape index (κ3) is 3.70. The number of nitrogens with one attached hydrogen (secondary N) is 1. The van der Waals surface area contributed by atoms with Crippen molar-refractivity contribution in [2.75, 3.05) is 6.54 Å². The third-order valence-electron chi connectivity index (χ3n) is 4.47. The first-order chi connectivity index (χ1) is 8.96. The Kier molecular flexibility index (Phi) is 4.53. The van der Waals surface area contributed by atoms with Crippen molar-refractivity contribution in [3.05, 3.63) is 0 Å². The van der Waals surface area contributed by atoms with Gasteiger partial charge >= 0.3 is 0 Å². The summed E-state index contributed by atoms with van der Waals surface area (Å²) >= 11 is 0. The van der Waals surface area contributed by atoms with Gasteiger partial charge in [0.05, 0.1) is 6.07 Å². The molecule has 3 heteroatoms. The Morgan fingerprint density at radius 3 is 2.42 bits per heavy atom. The van der Waals surface area contributed by atoms with Crippen LogP contribution in [0.15, 0.2) is 0 Å². The normalized spacial score (nSPS) is 31.4. The van der Waals surface area contributed by atoms with Crippen LogP contribution in [0, 0.1) is 17.2 Å². The fraction of sp³-hybridized carbons (Fsp3) is 0.938. The lowest BCUT2D eigenvalue weighted by Crippen LogP contribution is -2.47. The Bertz CT molecular complexity index is 340. The maximum absolute atomic E-state index is 9.58. The van der Waals surface area contributed by atoms with Gasteiger partial charge in [-0.15, -0.1) is 0 Å². The van der Waals surface area contributed by atoms with Gasteiger partial charge in [0, 0.05) is 24.7 Å². The van der Waals surface area contributed by atoms with Crippen LogP contribution in [0.2, 0.25) is 0 Å². The van der Waals surface area contributed by atoms with E-state index in [1.807, 2.05) is 0 Å². The molecule has 1 N–H and O–H groups in total. The van der Waals surface area contributed by atoms with Gasteiger partial charge in [-0.3, -0.25) is 10.2 Å². The van der Waals surface area contributed by atoms with E-state index in [0.29, 0.717) is 24.0 Å². The molecule has 0 amide bonds. The lowest BCUT2D eigenvalue weighted by molar-refractivity contribution is 0.133. The first-order valence-corrected chi connectivity index (χ1v) is 7.90. The topological polar surface area (TPSA) is 39.1 Å². The van der Waals surface area contributed by atoms with Gasteiger partial charge in [-0.25, -0.2) is 0 Å². The molecule has 0 radical (unpaired) electrons. The summed E-state index contributed by atoms with van der Waals surface area (Å²) in [6, 6.07) is 4.36. The number of rotatable bonds is 6. The number of hydrogen-bond donors (Lipinski definition) is 1. The third-order valence-corrected chi connectivity index (χ3v) is 4.47. The predicted molar refractivity (Wildman–Crippen MR) is 78.8 cm³/mol. The standard InChI is InChI=1S/C16H29N3/c1-12(2)10-19(13(3)4)15-7-8-16(9-15,11-17)18-14-5-6-14/h12-15,18H,5-10H2,1-4H3. The highest BCUT2D eigenvalue weighted by atomic mass is 15.2. The smallest absolute Gasteiger partial charge is 0.108 e. The van der Waals surface area contributed by atoms with E-state index < -0.39 is 0 Å². The zero-order valence-corrected chi connectivity index (χ0v) is 12.9. The molecule has 0 bridgehead atoms. The van der Waals surface area contributed by atoms with E-state index >= 15 is 0 Å². The second-order valence-corrected chi connectivity index (χ2v) is 7.19. The van der Waals surface area contributed by atoms with Gasteiger partial charge in [-0.1, -0.05) is 13.8 Å². The van der Waals surface area contributed by atoms with Gasteiger partial charge in [0.25, 0.3) is 0 Å². The van der Waals surface area contributed by atoms with Crippen molar-refractivity contribution in [1.82, 2.24) is 10.2 Å². The predicted octanol–water partition coefficient (Wildman–Crippen LogP) is 2.92. The van der Waals surface area contributed by atoms with E-state index in [0.717, 1.165) is 25.8 Å². The van der Waals surface area contributed by atoms with Crippen LogP contribution in [0.5, 0.6) is 0 Å². The van der Waals surface area contributed by atoms with Gasteiger partial charge in [-0.05, 0) is 51.9 Å². The highest BCUT2D eigenvalue weighted by Crippen LogP contribution is 2.36. The Balaban J connectivity index is 1.99. The first-order valence-electron chi connectivity index (χ1n) is 7.90. The SMILES string of the molecule is CC(C)CN(C(C)C)C1CCC(C#N)(NC2CC2)C1. The molecule has 2 aliphatic carbocycles. The lowest BCUT2D eigenvalue weighted by atomic mass is 9.98. The van der Waals surface area contributed by atoms with Crippen LogP contribution in [0.25, 0.3) is 0 Å². The molecule has 0 aromatic carbocycles. The highest BCUT2D eigenvalue weighted by Gasteiger charge is 2.44. The summed E-state index contributed by atoms with van der Waals surface area (Å²) in [6.07, 6.45) is 5.71. The van der Waals surface area contributed by atoms with E-state index in [1.165, 1.54) is 12.8 Å². The number of nitrogens with zero attached hydrogens (tertiary/aromatic N) is 2. The fourth-order valence-corrected chi connectivity index (χ4v) is 3.39. The van der Waals surface area contributed by atoms with Crippen molar-refractivity contribution in [3.8, 4) is 6.07 Å². The van der Waals surface area contributed by atoms with Gasteiger partial charge in [0.1, 0.15) is 5.54 Å². The summed E-state index contributed by atoms with van der Waals surface area (Å²) in [4.78, 5) is 2.61. The molecule has 0 aliphatic heterocycles. The molecular weight excluding hydrogens is 234 g/mol. The number of nitriles is 1. The Morgan fingerprint density at radius 2 is 1.95 bits per heavy atom. The van der Waals surface area contributed by atoms with E-state index in [1.54, 1.807) is 0 Å². The number of hydrogen-bond acceptors (Lipinski definition) is 3. The molecule has 2 saturated carbocycles. The largest absolute Gasteiger partial charge is 0.298 e. The van der Waals surface area contributed by atoms with Gasteiger partial charge < -0.3 is 0 Å². The van der Waals surface area contributed by atoms with Crippen LogP contribution in [-0.2, 0) is 0 Å². The minimum absolute atomic E-state index is 0.240. The minimum Gasteiger partial charge on any atom is -0.298 e. The molecule has 2 atom stereocenters. The Morgan fingerprint density at radius 1 is 1.26 bits per heavy atom. The van der Waals surface area contributed by atoms with Crippen molar-refractivity contribution in [3.63, 3.8) is 0 Å². The summed E-state index contributed by atoms with van der Waals surface area (Å²) in [5.74, 6) is 0.691. The summed E-state index contributed by atoms with van der Waals surface area (Å²) in [6.45, 7) is 10.3. The van der Waals surface area contributed by atoms with E-state index in [4.69, 9.17) is 0 Å². The molecule has 0 aromatic heterocycles. The maximum atomic E-state index is 9.58. The fourth-order valence-electron chi connectivity index (χ4n) is 3.39. The molecule has 0 aromatic rings. The average Bonchev–Trinajstić information content (AvgIpc) is 3.04. The van der Waals surface area contributed by atoms with Crippen LogP contribution < -0.4 is 5.32 Å². The van der Waals surface area contributed by atoms with Gasteiger partial charge in [-0.2, -0.15) is 5.26 Å². The highest BCUT2D eigenvalue weighted by molar-refractivity contribution is 5.15. The van der Waals surface area contributed by atoms with Crippen LogP contribution in [-0.4, -0.2) is 35.1 Å². The van der Waals surface area contributed by atoms with Crippen molar-refractivity contribution in [2.45, 2.75) is 83.5 Å². The minimum atomic E-state index is -0.240.